The van der Waals surface area contributed by atoms with Crippen LogP contribution < -0.4 is 5.73 Å². The predicted molar refractivity (Wildman–Crippen MR) is 51.0 cm³/mol. The van der Waals surface area contributed by atoms with Gasteiger partial charge < -0.3 is 10.5 Å². The Morgan fingerprint density at radius 1 is 1.58 bits per heavy atom. The van der Waals surface area contributed by atoms with Crippen molar-refractivity contribution in [3.05, 3.63) is 0 Å². The van der Waals surface area contributed by atoms with Gasteiger partial charge in [-0.2, -0.15) is 0 Å². The average Bonchev–Trinajstić information content (AvgIpc) is 2.65. The van der Waals surface area contributed by atoms with Crippen molar-refractivity contribution in [1.82, 2.24) is 0 Å². The molecule has 2 N–H and O–H groups in total. The van der Waals surface area contributed by atoms with Crippen LogP contribution in [0.15, 0.2) is 0 Å². The van der Waals surface area contributed by atoms with Gasteiger partial charge in [-0.1, -0.05) is 6.92 Å². The average molecular weight is 171 g/mol. The summed E-state index contributed by atoms with van der Waals surface area (Å²) in [7, 11) is 1.72. The van der Waals surface area contributed by atoms with Crippen LogP contribution in [0.5, 0.6) is 0 Å². The molecule has 0 aliphatic heterocycles. The number of nitrogens with two attached hydrogens (primary N) is 1. The van der Waals surface area contributed by atoms with E-state index in [4.69, 9.17) is 10.5 Å². The highest BCUT2D eigenvalue weighted by Crippen LogP contribution is 2.39. The van der Waals surface area contributed by atoms with Crippen LogP contribution in [-0.4, -0.2) is 19.3 Å². The van der Waals surface area contributed by atoms with Crippen LogP contribution in [0.25, 0.3) is 0 Å². The van der Waals surface area contributed by atoms with E-state index in [2.05, 4.69) is 13.8 Å². The molecular weight excluding hydrogens is 150 g/mol. The summed E-state index contributed by atoms with van der Waals surface area (Å²) in [4.78, 5) is 0. The predicted octanol–water partition coefficient (Wildman–Crippen LogP) is 1.79. The highest BCUT2D eigenvalue weighted by atomic mass is 16.5. The van der Waals surface area contributed by atoms with Crippen molar-refractivity contribution >= 4 is 0 Å². The molecule has 12 heavy (non-hydrogen) atoms. The van der Waals surface area contributed by atoms with E-state index >= 15 is 0 Å². The first-order valence-electron chi connectivity index (χ1n) is 4.83. The largest absolute Gasteiger partial charge is 0.383 e. The second kappa shape index (κ2) is 3.75. The monoisotopic (exact) mass is 171 g/mol. The van der Waals surface area contributed by atoms with Gasteiger partial charge in [-0.3, -0.25) is 0 Å². The number of hydrogen-bond donors (Lipinski definition) is 1. The van der Waals surface area contributed by atoms with Gasteiger partial charge in [0, 0.05) is 12.6 Å². The van der Waals surface area contributed by atoms with E-state index in [0.29, 0.717) is 6.61 Å². The van der Waals surface area contributed by atoms with E-state index in [-0.39, 0.29) is 5.54 Å². The van der Waals surface area contributed by atoms with Crippen molar-refractivity contribution in [1.29, 1.82) is 0 Å². The van der Waals surface area contributed by atoms with Crippen LogP contribution in [0.1, 0.15) is 33.1 Å². The second-order valence-electron chi connectivity index (χ2n) is 4.61. The van der Waals surface area contributed by atoms with Gasteiger partial charge in [0.1, 0.15) is 0 Å². The Morgan fingerprint density at radius 2 is 2.17 bits per heavy atom. The first-order valence-corrected chi connectivity index (χ1v) is 4.83. The normalized spacial score (nSPS) is 25.0. The maximum absolute atomic E-state index is 6.07. The van der Waals surface area contributed by atoms with E-state index in [9.17, 15) is 0 Å². The van der Waals surface area contributed by atoms with Gasteiger partial charge in [-0.05, 0) is 38.0 Å². The molecular formula is C10H21NO. The lowest BCUT2D eigenvalue weighted by Gasteiger charge is -2.27. The lowest BCUT2D eigenvalue weighted by Crippen LogP contribution is -2.42. The SMILES string of the molecule is COCC(C)(N)CC(C)C1CC1. The lowest BCUT2D eigenvalue weighted by atomic mass is 9.89. The fourth-order valence-corrected chi connectivity index (χ4v) is 1.96. The van der Waals surface area contributed by atoms with E-state index in [0.717, 1.165) is 18.3 Å². The molecule has 0 amide bonds. The topological polar surface area (TPSA) is 35.2 Å². The molecule has 0 saturated heterocycles. The Balaban J connectivity index is 2.26. The van der Waals surface area contributed by atoms with Crippen molar-refractivity contribution in [3.8, 4) is 0 Å². The Kier molecular flexibility index (Phi) is 3.13. The van der Waals surface area contributed by atoms with Gasteiger partial charge in [-0.25, -0.2) is 0 Å². The number of methoxy groups -OCH3 is 1. The second-order valence-corrected chi connectivity index (χ2v) is 4.61. The molecule has 1 aliphatic rings. The fourth-order valence-electron chi connectivity index (χ4n) is 1.96. The van der Waals surface area contributed by atoms with E-state index in [1.54, 1.807) is 7.11 Å². The summed E-state index contributed by atoms with van der Waals surface area (Å²) < 4.78 is 5.08. The molecule has 1 fully saturated rings. The maximum atomic E-state index is 6.07. The molecule has 0 bridgehead atoms. The van der Waals surface area contributed by atoms with Crippen LogP contribution in [0, 0.1) is 11.8 Å². The molecule has 0 spiro atoms. The Morgan fingerprint density at radius 3 is 2.58 bits per heavy atom. The Bertz CT molecular complexity index is 141. The smallest absolute Gasteiger partial charge is 0.0639 e. The maximum Gasteiger partial charge on any atom is 0.0639 e. The lowest BCUT2D eigenvalue weighted by molar-refractivity contribution is 0.124. The van der Waals surface area contributed by atoms with Gasteiger partial charge in [0.25, 0.3) is 0 Å². The molecule has 0 radical (unpaired) electrons. The van der Waals surface area contributed by atoms with E-state index in [1.165, 1.54) is 12.8 Å². The van der Waals surface area contributed by atoms with Crippen LogP contribution in [-0.2, 0) is 4.74 Å². The molecule has 0 heterocycles. The molecule has 2 heteroatoms. The van der Waals surface area contributed by atoms with Crippen molar-refractivity contribution in [3.63, 3.8) is 0 Å². The molecule has 2 nitrogen and oxygen atoms in total. The summed E-state index contributed by atoms with van der Waals surface area (Å²) in [6.45, 7) is 5.05. The molecule has 1 saturated carbocycles. The van der Waals surface area contributed by atoms with Gasteiger partial charge in [0.05, 0.1) is 6.61 Å². The third-order valence-electron chi connectivity index (χ3n) is 2.69. The highest BCUT2D eigenvalue weighted by Gasteiger charge is 2.32. The first kappa shape index (κ1) is 10.0. The number of rotatable bonds is 5. The zero-order valence-electron chi connectivity index (χ0n) is 8.47. The number of ether oxygens (including phenoxy) is 1. The highest BCUT2D eigenvalue weighted by molar-refractivity contribution is 4.87. The van der Waals surface area contributed by atoms with Gasteiger partial charge in [0.15, 0.2) is 0 Å². The summed E-state index contributed by atoms with van der Waals surface area (Å²) in [5, 5.41) is 0. The van der Waals surface area contributed by atoms with Crippen molar-refractivity contribution in [2.24, 2.45) is 17.6 Å². The molecule has 0 aromatic rings. The minimum Gasteiger partial charge on any atom is -0.383 e. The van der Waals surface area contributed by atoms with Gasteiger partial charge in [0.2, 0.25) is 0 Å². The molecule has 1 aliphatic carbocycles. The van der Waals surface area contributed by atoms with Gasteiger partial charge in [-0.15, -0.1) is 0 Å². The minimum atomic E-state index is -0.128. The summed E-state index contributed by atoms with van der Waals surface area (Å²) in [6.07, 6.45) is 3.90. The zero-order chi connectivity index (χ0) is 9.19. The quantitative estimate of drug-likeness (QED) is 0.684. The summed E-state index contributed by atoms with van der Waals surface area (Å²) in [6, 6.07) is 0. The van der Waals surface area contributed by atoms with E-state index < -0.39 is 0 Å². The third-order valence-corrected chi connectivity index (χ3v) is 2.69. The van der Waals surface area contributed by atoms with Crippen molar-refractivity contribution in [2.45, 2.75) is 38.6 Å². The third kappa shape index (κ3) is 3.11. The van der Waals surface area contributed by atoms with Crippen molar-refractivity contribution in [2.75, 3.05) is 13.7 Å². The van der Waals surface area contributed by atoms with Crippen LogP contribution in [0.2, 0.25) is 0 Å². The Hall–Kier alpha value is -0.0800. The molecule has 0 aromatic heterocycles. The fraction of sp³-hybridized carbons (Fsp3) is 1.00. The van der Waals surface area contributed by atoms with Crippen molar-refractivity contribution < 1.29 is 4.74 Å². The summed E-state index contributed by atoms with van der Waals surface area (Å²) in [5.74, 6) is 1.72. The first-order chi connectivity index (χ1) is 5.55. The molecule has 0 aromatic carbocycles. The molecule has 1 rings (SSSR count). The summed E-state index contributed by atoms with van der Waals surface area (Å²) >= 11 is 0. The van der Waals surface area contributed by atoms with Crippen LogP contribution >= 0.6 is 0 Å². The van der Waals surface area contributed by atoms with E-state index in [1.807, 2.05) is 0 Å². The van der Waals surface area contributed by atoms with Crippen LogP contribution in [0.3, 0.4) is 0 Å². The minimum absolute atomic E-state index is 0.128. The standard InChI is InChI=1S/C10H21NO/c1-8(9-4-5-9)6-10(2,11)7-12-3/h8-9H,4-7,11H2,1-3H3. The van der Waals surface area contributed by atoms with Crippen LogP contribution in [0.4, 0.5) is 0 Å². The molecule has 2 atom stereocenters. The zero-order valence-corrected chi connectivity index (χ0v) is 8.47. The summed E-state index contributed by atoms with van der Waals surface area (Å²) in [5.41, 5.74) is 5.94. The molecule has 2 unspecified atom stereocenters. The number of hydrogen-bond acceptors (Lipinski definition) is 2. The van der Waals surface area contributed by atoms with Gasteiger partial charge >= 0.3 is 0 Å². The molecule has 72 valence electrons. The Labute approximate surface area is 75.5 Å².